The van der Waals surface area contributed by atoms with E-state index in [-0.39, 0.29) is 11.9 Å². The Kier molecular flexibility index (Phi) is 6.16. The molecule has 1 aliphatic rings. The lowest BCUT2D eigenvalue weighted by atomic mass is 9.79. The average molecular weight is 430 g/mol. The number of amides is 3. The van der Waals surface area contributed by atoms with Gasteiger partial charge < -0.3 is 15.5 Å². The normalized spacial score (nSPS) is 15.9. The predicted molar refractivity (Wildman–Crippen MR) is 110 cm³/mol. The third-order valence-corrected chi connectivity index (χ3v) is 5.62. The van der Waals surface area contributed by atoms with Gasteiger partial charge in [0, 0.05) is 35.2 Å². The maximum Gasteiger partial charge on any atom is 0.321 e. The number of hydrogen-bond donors (Lipinski definition) is 2. The Labute approximate surface area is 168 Å². The molecule has 0 aromatic heterocycles. The first kappa shape index (κ1) is 19.4. The summed E-state index contributed by atoms with van der Waals surface area (Å²) in [7, 11) is 0. The maximum atomic E-state index is 12.7. The summed E-state index contributed by atoms with van der Waals surface area (Å²) in [5.74, 6) is 0.0549. The van der Waals surface area contributed by atoms with Gasteiger partial charge in [-0.2, -0.15) is 0 Å². The maximum absolute atomic E-state index is 12.7. The number of anilines is 1. The van der Waals surface area contributed by atoms with Crippen LogP contribution in [0.5, 0.6) is 0 Å². The van der Waals surface area contributed by atoms with Gasteiger partial charge in [-0.05, 0) is 42.7 Å². The van der Waals surface area contributed by atoms with Crippen LogP contribution in [-0.2, 0) is 11.3 Å². The molecule has 1 saturated heterocycles. The number of urea groups is 1. The van der Waals surface area contributed by atoms with Crippen molar-refractivity contribution in [1.82, 2.24) is 10.2 Å². The molecular weight excluding hydrogens is 406 g/mol. The number of nitrogens with zero attached hydrogens (tertiary/aromatic N) is 1. The van der Waals surface area contributed by atoms with Gasteiger partial charge in [0.2, 0.25) is 5.91 Å². The van der Waals surface area contributed by atoms with Crippen molar-refractivity contribution in [3.63, 3.8) is 0 Å². The molecule has 0 atom stereocenters. The first-order chi connectivity index (χ1) is 13.0. The summed E-state index contributed by atoms with van der Waals surface area (Å²) in [6.45, 7) is 3.65. The summed E-state index contributed by atoms with van der Waals surface area (Å²) in [6.07, 6.45) is 1.31. The highest BCUT2D eigenvalue weighted by molar-refractivity contribution is 9.10. The molecule has 0 saturated carbocycles. The van der Waals surface area contributed by atoms with E-state index in [1.165, 1.54) is 0 Å². The quantitative estimate of drug-likeness (QED) is 0.756. The van der Waals surface area contributed by atoms with Crippen molar-refractivity contribution in [2.24, 2.45) is 5.41 Å². The van der Waals surface area contributed by atoms with Gasteiger partial charge in [-0.1, -0.05) is 53.2 Å². The Morgan fingerprint density at radius 2 is 1.67 bits per heavy atom. The molecule has 0 radical (unpaired) electrons. The van der Waals surface area contributed by atoms with Crippen molar-refractivity contribution in [3.05, 3.63) is 64.6 Å². The van der Waals surface area contributed by atoms with Crippen LogP contribution in [0.1, 0.15) is 25.3 Å². The molecule has 3 rings (SSSR count). The third kappa shape index (κ3) is 5.10. The van der Waals surface area contributed by atoms with Crippen molar-refractivity contribution >= 4 is 33.6 Å². The number of carbonyl (C=O) groups excluding carboxylic acids is 2. The molecule has 1 fully saturated rings. The molecule has 142 valence electrons. The second kappa shape index (κ2) is 8.57. The van der Waals surface area contributed by atoms with Crippen molar-refractivity contribution < 1.29 is 9.59 Å². The molecule has 27 heavy (non-hydrogen) atoms. The smallest absolute Gasteiger partial charge is 0.321 e. The monoisotopic (exact) mass is 429 g/mol. The van der Waals surface area contributed by atoms with E-state index in [1.807, 2.05) is 61.5 Å². The van der Waals surface area contributed by atoms with Crippen LogP contribution in [0.15, 0.2) is 59.1 Å². The summed E-state index contributed by atoms with van der Waals surface area (Å²) in [4.78, 5) is 26.9. The Hall–Kier alpha value is -2.34. The summed E-state index contributed by atoms with van der Waals surface area (Å²) in [6, 6.07) is 17.2. The number of rotatable bonds is 4. The molecule has 1 aliphatic heterocycles. The van der Waals surface area contributed by atoms with E-state index in [2.05, 4.69) is 26.6 Å². The van der Waals surface area contributed by atoms with Crippen LogP contribution >= 0.6 is 15.9 Å². The number of likely N-dealkylation sites (tertiary alicyclic amines) is 1. The summed E-state index contributed by atoms with van der Waals surface area (Å²) in [5, 5.41) is 5.94. The van der Waals surface area contributed by atoms with Crippen LogP contribution in [0.2, 0.25) is 0 Å². The van der Waals surface area contributed by atoms with E-state index in [4.69, 9.17) is 0 Å². The number of hydrogen-bond acceptors (Lipinski definition) is 2. The molecule has 3 amide bonds. The minimum absolute atomic E-state index is 0.0549. The fraction of sp³-hybridized carbons (Fsp3) is 0.333. The van der Waals surface area contributed by atoms with Gasteiger partial charge in [-0.25, -0.2) is 4.79 Å². The van der Waals surface area contributed by atoms with Crippen molar-refractivity contribution in [1.29, 1.82) is 0 Å². The van der Waals surface area contributed by atoms with Gasteiger partial charge in [0.05, 0.1) is 0 Å². The van der Waals surface area contributed by atoms with Crippen LogP contribution in [0, 0.1) is 5.41 Å². The van der Waals surface area contributed by atoms with E-state index in [0.717, 1.165) is 15.7 Å². The Bertz CT molecular complexity index is 785. The highest BCUT2D eigenvalue weighted by Crippen LogP contribution is 2.31. The molecule has 2 aromatic carbocycles. The molecular formula is C21H24BrN3O2. The van der Waals surface area contributed by atoms with Gasteiger partial charge in [0.1, 0.15) is 0 Å². The van der Waals surface area contributed by atoms with Crippen LogP contribution in [0.25, 0.3) is 0 Å². The van der Waals surface area contributed by atoms with E-state index in [9.17, 15) is 9.59 Å². The minimum Gasteiger partial charge on any atom is -0.352 e. The van der Waals surface area contributed by atoms with Gasteiger partial charge in [0.15, 0.2) is 0 Å². The second-order valence-corrected chi connectivity index (χ2v) is 8.07. The predicted octanol–water partition coefficient (Wildman–Crippen LogP) is 4.40. The van der Waals surface area contributed by atoms with Crippen molar-refractivity contribution in [2.45, 2.75) is 26.3 Å². The zero-order valence-electron chi connectivity index (χ0n) is 15.4. The number of carbonyl (C=O) groups is 2. The summed E-state index contributed by atoms with van der Waals surface area (Å²) in [5.41, 5.74) is 1.40. The average Bonchev–Trinajstić information content (AvgIpc) is 2.69. The van der Waals surface area contributed by atoms with Crippen molar-refractivity contribution in [3.8, 4) is 0 Å². The zero-order valence-corrected chi connectivity index (χ0v) is 17.0. The second-order valence-electron chi connectivity index (χ2n) is 7.15. The van der Waals surface area contributed by atoms with Crippen LogP contribution < -0.4 is 10.6 Å². The number of benzene rings is 2. The van der Waals surface area contributed by atoms with Gasteiger partial charge in [0.25, 0.3) is 0 Å². The number of halogens is 1. The Balaban J connectivity index is 1.50. The standard InChI is InChI=1S/C21H24BrN3O2/c1-21(19(26)23-15-16-5-3-2-4-6-16)11-13-25(14-12-21)20(27)24-18-9-7-17(22)8-10-18/h2-10H,11-15H2,1H3,(H,23,26)(H,24,27). The van der Waals surface area contributed by atoms with Crippen LogP contribution in [-0.4, -0.2) is 29.9 Å². The SMILES string of the molecule is CC1(C(=O)NCc2ccccc2)CCN(C(=O)Nc2ccc(Br)cc2)CC1. The molecule has 2 aromatic rings. The first-order valence-corrected chi connectivity index (χ1v) is 9.89. The van der Waals surface area contributed by atoms with Crippen LogP contribution in [0.3, 0.4) is 0 Å². The number of piperidine rings is 1. The lowest BCUT2D eigenvalue weighted by molar-refractivity contribution is -0.132. The van der Waals surface area contributed by atoms with Gasteiger partial charge in [-0.3, -0.25) is 4.79 Å². The largest absolute Gasteiger partial charge is 0.352 e. The molecule has 0 aliphatic carbocycles. The lowest BCUT2D eigenvalue weighted by Gasteiger charge is -2.38. The highest BCUT2D eigenvalue weighted by Gasteiger charge is 2.37. The van der Waals surface area contributed by atoms with Crippen LogP contribution in [0.4, 0.5) is 10.5 Å². The lowest BCUT2D eigenvalue weighted by Crippen LogP contribution is -2.49. The first-order valence-electron chi connectivity index (χ1n) is 9.10. The molecule has 0 unspecified atom stereocenters. The summed E-state index contributed by atoms with van der Waals surface area (Å²) < 4.78 is 0.968. The number of nitrogens with one attached hydrogen (secondary N) is 2. The fourth-order valence-electron chi connectivity index (χ4n) is 3.16. The molecule has 6 heteroatoms. The van der Waals surface area contributed by atoms with E-state index < -0.39 is 5.41 Å². The van der Waals surface area contributed by atoms with Gasteiger partial charge in [-0.15, -0.1) is 0 Å². The van der Waals surface area contributed by atoms with E-state index in [0.29, 0.717) is 32.5 Å². The minimum atomic E-state index is -0.441. The molecule has 2 N–H and O–H groups in total. The van der Waals surface area contributed by atoms with Crippen molar-refractivity contribution in [2.75, 3.05) is 18.4 Å². The Morgan fingerprint density at radius 1 is 1.04 bits per heavy atom. The molecule has 1 heterocycles. The third-order valence-electron chi connectivity index (χ3n) is 5.09. The van der Waals surface area contributed by atoms with Gasteiger partial charge >= 0.3 is 6.03 Å². The topological polar surface area (TPSA) is 61.4 Å². The fourth-order valence-corrected chi connectivity index (χ4v) is 3.42. The van der Waals surface area contributed by atoms with E-state index >= 15 is 0 Å². The summed E-state index contributed by atoms with van der Waals surface area (Å²) >= 11 is 3.38. The zero-order chi connectivity index (χ0) is 19.3. The highest BCUT2D eigenvalue weighted by atomic mass is 79.9. The Morgan fingerprint density at radius 3 is 2.30 bits per heavy atom. The molecule has 0 bridgehead atoms. The molecule has 0 spiro atoms. The molecule has 5 nitrogen and oxygen atoms in total. The van der Waals surface area contributed by atoms with E-state index in [1.54, 1.807) is 4.90 Å².